The monoisotopic (exact) mass is 257 g/mol. The average molecular weight is 258 g/mol. The number of hydrogen-bond donors (Lipinski definition) is 0. The van der Waals surface area contributed by atoms with Crippen LogP contribution in [-0.2, 0) is 0 Å². The van der Waals surface area contributed by atoms with Crippen molar-refractivity contribution in [1.82, 2.24) is 0 Å². The largest absolute Gasteiger partial charge is 0.192 e. The van der Waals surface area contributed by atoms with Crippen molar-refractivity contribution in [3.05, 3.63) is 58.6 Å². The van der Waals surface area contributed by atoms with Gasteiger partial charge in [-0.2, -0.15) is 5.26 Å². The Balaban J connectivity index is 2.42. The third-order valence-electron chi connectivity index (χ3n) is 2.17. The van der Waals surface area contributed by atoms with Gasteiger partial charge in [-0.3, -0.25) is 0 Å². The van der Waals surface area contributed by atoms with Gasteiger partial charge in [0, 0.05) is 4.47 Å². The van der Waals surface area contributed by atoms with Crippen molar-refractivity contribution in [2.45, 2.75) is 0 Å². The second-order valence-electron chi connectivity index (χ2n) is 3.20. The lowest BCUT2D eigenvalue weighted by molar-refractivity contribution is 1.48. The third kappa shape index (κ3) is 2.26. The molecule has 0 saturated carbocycles. The minimum Gasteiger partial charge on any atom is -0.192 e. The molecule has 2 aromatic rings. The lowest BCUT2D eigenvalue weighted by Crippen LogP contribution is -1.78. The molecule has 1 nitrogen and oxygen atoms in total. The highest BCUT2D eigenvalue weighted by atomic mass is 79.9. The van der Waals surface area contributed by atoms with E-state index in [9.17, 15) is 0 Å². The highest BCUT2D eigenvalue weighted by Gasteiger charge is 1.97. The van der Waals surface area contributed by atoms with E-state index in [1.807, 2.05) is 42.5 Å². The summed E-state index contributed by atoms with van der Waals surface area (Å²) >= 11 is 3.44. The molecule has 0 fully saturated rings. The van der Waals surface area contributed by atoms with E-state index in [0.717, 1.165) is 15.6 Å². The van der Waals surface area contributed by atoms with Crippen molar-refractivity contribution in [2.24, 2.45) is 0 Å². The molecule has 0 aliphatic rings. The summed E-state index contributed by atoms with van der Waals surface area (Å²) in [5.74, 6) is 0. The molecule has 72 valence electrons. The van der Waals surface area contributed by atoms with Gasteiger partial charge >= 0.3 is 0 Å². The van der Waals surface area contributed by atoms with E-state index in [1.54, 1.807) is 0 Å². The maximum atomic E-state index is 8.69. The van der Waals surface area contributed by atoms with E-state index < -0.39 is 0 Å². The molecule has 0 saturated heterocycles. The van der Waals surface area contributed by atoms with Crippen LogP contribution < -0.4 is 0 Å². The lowest BCUT2D eigenvalue weighted by atomic mass is 10.0. The predicted octanol–water partition coefficient (Wildman–Crippen LogP) is 3.99. The quantitative estimate of drug-likeness (QED) is 0.758. The number of rotatable bonds is 1. The van der Waals surface area contributed by atoms with Gasteiger partial charge in [-0.1, -0.05) is 40.2 Å². The zero-order valence-electron chi connectivity index (χ0n) is 7.94. The minimum absolute atomic E-state index is 0.689. The second kappa shape index (κ2) is 4.29. The number of nitrogens with zero attached hydrogens (tertiary/aromatic N) is 1. The van der Waals surface area contributed by atoms with Crippen molar-refractivity contribution < 1.29 is 0 Å². The van der Waals surface area contributed by atoms with Gasteiger partial charge in [-0.15, -0.1) is 0 Å². The van der Waals surface area contributed by atoms with Crippen LogP contribution in [0.3, 0.4) is 0 Å². The molecule has 0 amide bonds. The number of hydrogen-bond acceptors (Lipinski definition) is 1. The molecule has 0 unspecified atom stereocenters. The maximum Gasteiger partial charge on any atom is 0.0991 e. The Hall–Kier alpha value is -1.59. The van der Waals surface area contributed by atoms with Gasteiger partial charge in [-0.25, -0.2) is 0 Å². The first-order valence-electron chi connectivity index (χ1n) is 4.56. The van der Waals surface area contributed by atoms with E-state index in [2.05, 4.69) is 28.1 Å². The van der Waals surface area contributed by atoms with Crippen LogP contribution in [0.2, 0.25) is 0 Å². The van der Waals surface area contributed by atoms with Gasteiger partial charge in [0.2, 0.25) is 0 Å². The van der Waals surface area contributed by atoms with Gasteiger partial charge in [0.25, 0.3) is 0 Å². The van der Waals surface area contributed by atoms with Gasteiger partial charge in [0.05, 0.1) is 11.6 Å². The first-order chi connectivity index (χ1) is 7.29. The van der Waals surface area contributed by atoms with E-state index in [4.69, 9.17) is 5.26 Å². The predicted molar refractivity (Wildman–Crippen MR) is 64.3 cm³/mol. The first-order valence-corrected chi connectivity index (χ1v) is 5.35. The van der Waals surface area contributed by atoms with E-state index in [0.29, 0.717) is 5.56 Å². The maximum absolute atomic E-state index is 8.69. The fraction of sp³-hybridized carbons (Fsp3) is 0. The van der Waals surface area contributed by atoms with Gasteiger partial charge in [0.15, 0.2) is 0 Å². The molecular weight excluding hydrogens is 250 g/mol. The number of benzene rings is 2. The number of nitriles is 1. The van der Waals surface area contributed by atoms with Gasteiger partial charge in [0.1, 0.15) is 0 Å². The van der Waals surface area contributed by atoms with Crippen LogP contribution in [0.5, 0.6) is 0 Å². The summed E-state index contributed by atoms with van der Waals surface area (Å²) in [5.41, 5.74) is 2.96. The summed E-state index contributed by atoms with van der Waals surface area (Å²) in [6.07, 6.45) is 0. The Morgan fingerprint density at radius 3 is 2.27 bits per heavy atom. The summed E-state index contributed by atoms with van der Waals surface area (Å²) in [4.78, 5) is 0. The Bertz CT molecular complexity index is 509. The fourth-order valence-corrected chi connectivity index (χ4v) is 1.80. The molecule has 0 radical (unpaired) electrons. The van der Waals surface area contributed by atoms with E-state index in [-0.39, 0.29) is 0 Å². The molecule has 0 heterocycles. The molecule has 0 spiro atoms. The summed E-state index contributed by atoms with van der Waals surface area (Å²) in [5, 5.41) is 8.69. The highest BCUT2D eigenvalue weighted by molar-refractivity contribution is 9.10. The second-order valence-corrected chi connectivity index (χ2v) is 4.12. The zero-order chi connectivity index (χ0) is 10.7. The Morgan fingerprint density at radius 2 is 1.67 bits per heavy atom. The SMILES string of the molecule is N#Cc1ccc(-c2cccc(Br)c2)cc1. The van der Waals surface area contributed by atoms with Crippen molar-refractivity contribution in [2.75, 3.05) is 0 Å². The Morgan fingerprint density at radius 1 is 0.933 bits per heavy atom. The van der Waals surface area contributed by atoms with Crippen LogP contribution in [0.15, 0.2) is 53.0 Å². The average Bonchev–Trinajstić information content (AvgIpc) is 2.29. The van der Waals surface area contributed by atoms with Crippen molar-refractivity contribution in [3.8, 4) is 17.2 Å². The standard InChI is InChI=1S/C13H8BrN/c14-13-3-1-2-12(8-13)11-6-4-10(9-15)5-7-11/h1-8H. The van der Waals surface area contributed by atoms with E-state index >= 15 is 0 Å². The molecule has 0 bridgehead atoms. The number of halogens is 1. The first kappa shape index (κ1) is 9.95. The topological polar surface area (TPSA) is 23.8 Å². The smallest absolute Gasteiger partial charge is 0.0991 e. The molecule has 0 aliphatic carbocycles. The van der Waals surface area contributed by atoms with E-state index in [1.165, 1.54) is 0 Å². The van der Waals surface area contributed by atoms with Crippen LogP contribution in [0.4, 0.5) is 0 Å². The van der Waals surface area contributed by atoms with Crippen LogP contribution >= 0.6 is 15.9 Å². The Labute approximate surface area is 97.1 Å². The molecule has 0 atom stereocenters. The van der Waals surface area contributed by atoms with Crippen molar-refractivity contribution in [1.29, 1.82) is 5.26 Å². The summed E-state index contributed by atoms with van der Waals surface area (Å²) < 4.78 is 1.06. The van der Waals surface area contributed by atoms with Crippen LogP contribution in [0.1, 0.15) is 5.56 Å². The van der Waals surface area contributed by atoms with Crippen LogP contribution in [0.25, 0.3) is 11.1 Å². The van der Waals surface area contributed by atoms with Crippen LogP contribution in [-0.4, -0.2) is 0 Å². The highest BCUT2D eigenvalue weighted by Crippen LogP contribution is 2.22. The van der Waals surface area contributed by atoms with Crippen LogP contribution in [0, 0.1) is 11.3 Å². The molecule has 2 heteroatoms. The summed E-state index contributed by atoms with van der Waals surface area (Å²) in [6, 6.07) is 17.8. The van der Waals surface area contributed by atoms with Gasteiger partial charge < -0.3 is 0 Å². The summed E-state index contributed by atoms with van der Waals surface area (Å²) in [7, 11) is 0. The molecule has 2 rings (SSSR count). The molecular formula is C13H8BrN. The molecule has 2 aromatic carbocycles. The zero-order valence-corrected chi connectivity index (χ0v) is 9.53. The molecule has 15 heavy (non-hydrogen) atoms. The molecule has 0 N–H and O–H groups in total. The van der Waals surface area contributed by atoms with Gasteiger partial charge in [-0.05, 0) is 35.4 Å². The Kier molecular flexibility index (Phi) is 2.84. The van der Waals surface area contributed by atoms with Crippen molar-refractivity contribution in [3.63, 3.8) is 0 Å². The molecule has 0 aromatic heterocycles. The lowest BCUT2D eigenvalue weighted by Gasteiger charge is -2.01. The minimum atomic E-state index is 0.689. The normalized spacial score (nSPS) is 9.60. The third-order valence-corrected chi connectivity index (χ3v) is 2.67. The fourth-order valence-electron chi connectivity index (χ4n) is 1.41. The molecule has 0 aliphatic heterocycles. The summed E-state index contributed by atoms with van der Waals surface area (Å²) in [6.45, 7) is 0. The van der Waals surface area contributed by atoms with Crippen molar-refractivity contribution >= 4 is 15.9 Å².